The van der Waals surface area contributed by atoms with Crippen molar-refractivity contribution >= 4 is 16.8 Å². The van der Waals surface area contributed by atoms with Crippen molar-refractivity contribution in [3.05, 3.63) is 89.2 Å². The fourth-order valence-corrected chi connectivity index (χ4v) is 3.56. The molecule has 0 saturated carbocycles. The molecule has 0 unspecified atom stereocenters. The van der Waals surface area contributed by atoms with Gasteiger partial charge in [-0.3, -0.25) is 4.79 Å². The van der Waals surface area contributed by atoms with Gasteiger partial charge in [-0.15, -0.1) is 0 Å². The molecule has 0 bridgehead atoms. The van der Waals surface area contributed by atoms with Crippen molar-refractivity contribution in [2.45, 2.75) is 13.5 Å². The molecule has 1 heterocycles. The van der Waals surface area contributed by atoms with Crippen LogP contribution in [0.15, 0.2) is 66.7 Å². The predicted octanol–water partition coefficient (Wildman–Crippen LogP) is 5.30. The van der Waals surface area contributed by atoms with Crippen LogP contribution >= 0.6 is 0 Å². The molecule has 3 aromatic carbocycles. The number of benzene rings is 3. The molecule has 0 atom stereocenters. The number of fused-ring (bicyclic) bond motifs is 1. The Labute approximate surface area is 185 Å². The normalized spacial score (nSPS) is 10.8. The first-order chi connectivity index (χ1) is 15.5. The van der Waals surface area contributed by atoms with Crippen LogP contribution in [-0.4, -0.2) is 25.1 Å². The van der Waals surface area contributed by atoms with Crippen LogP contribution < -0.4 is 14.8 Å². The smallest absolute Gasteiger partial charge is 0.252 e. The minimum Gasteiger partial charge on any atom is -0.497 e. The third-order valence-corrected chi connectivity index (χ3v) is 5.26. The first-order valence-corrected chi connectivity index (χ1v) is 10.1. The van der Waals surface area contributed by atoms with Crippen molar-refractivity contribution < 1.29 is 18.7 Å². The molecule has 4 rings (SSSR count). The molecule has 0 spiro atoms. The Morgan fingerprint density at radius 3 is 2.47 bits per heavy atom. The van der Waals surface area contributed by atoms with E-state index in [4.69, 9.17) is 14.5 Å². The van der Waals surface area contributed by atoms with E-state index < -0.39 is 0 Å². The summed E-state index contributed by atoms with van der Waals surface area (Å²) in [5, 5.41) is 3.69. The van der Waals surface area contributed by atoms with Crippen molar-refractivity contribution in [2.24, 2.45) is 0 Å². The van der Waals surface area contributed by atoms with Gasteiger partial charge >= 0.3 is 0 Å². The van der Waals surface area contributed by atoms with Crippen molar-refractivity contribution in [1.82, 2.24) is 10.3 Å². The Hall–Kier alpha value is -3.93. The third-order valence-electron chi connectivity index (χ3n) is 5.26. The summed E-state index contributed by atoms with van der Waals surface area (Å²) < 4.78 is 24.0. The SMILES string of the molecule is COc1ccc(-c2cc(C(=O)NCc3ccc(F)cc3)c3cc(C)ccc3n2)c(OC)c1. The monoisotopic (exact) mass is 430 g/mol. The highest BCUT2D eigenvalue weighted by atomic mass is 19.1. The second-order valence-electron chi connectivity index (χ2n) is 7.45. The van der Waals surface area contributed by atoms with E-state index in [1.54, 1.807) is 38.5 Å². The Kier molecular flexibility index (Phi) is 6.03. The lowest BCUT2D eigenvalue weighted by Crippen LogP contribution is -2.23. The summed E-state index contributed by atoms with van der Waals surface area (Å²) in [6.45, 7) is 2.26. The molecule has 4 aromatic rings. The summed E-state index contributed by atoms with van der Waals surface area (Å²) in [6.07, 6.45) is 0. The molecule has 6 heteroatoms. The zero-order valence-corrected chi connectivity index (χ0v) is 18.1. The number of pyridine rings is 1. The average molecular weight is 430 g/mol. The van der Waals surface area contributed by atoms with E-state index in [1.165, 1.54) is 12.1 Å². The van der Waals surface area contributed by atoms with Crippen LogP contribution in [0.2, 0.25) is 0 Å². The maximum Gasteiger partial charge on any atom is 0.252 e. The largest absolute Gasteiger partial charge is 0.497 e. The zero-order valence-electron chi connectivity index (χ0n) is 18.1. The van der Waals surface area contributed by atoms with Crippen molar-refractivity contribution in [3.8, 4) is 22.8 Å². The molecule has 1 aromatic heterocycles. The van der Waals surface area contributed by atoms with Crippen molar-refractivity contribution in [2.75, 3.05) is 14.2 Å². The lowest BCUT2D eigenvalue weighted by molar-refractivity contribution is 0.0952. The molecule has 0 aliphatic heterocycles. The summed E-state index contributed by atoms with van der Waals surface area (Å²) in [6, 6.07) is 19.1. The number of nitrogens with zero attached hydrogens (tertiary/aromatic N) is 1. The lowest BCUT2D eigenvalue weighted by atomic mass is 10.0. The molecule has 162 valence electrons. The molecule has 1 amide bonds. The second-order valence-corrected chi connectivity index (χ2v) is 7.45. The molecule has 0 radical (unpaired) electrons. The zero-order chi connectivity index (χ0) is 22.7. The van der Waals surface area contributed by atoms with Crippen LogP contribution in [0.1, 0.15) is 21.5 Å². The predicted molar refractivity (Wildman–Crippen MR) is 123 cm³/mol. The number of carbonyl (C=O) groups is 1. The minimum atomic E-state index is -0.311. The fourth-order valence-electron chi connectivity index (χ4n) is 3.56. The van der Waals surface area contributed by atoms with E-state index in [0.717, 1.165) is 22.1 Å². The highest BCUT2D eigenvalue weighted by molar-refractivity contribution is 6.07. The topological polar surface area (TPSA) is 60.5 Å². The number of carbonyl (C=O) groups excluding carboxylic acids is 1. The highest BCUT2D eigenvalue weighted by Gasteiger charge is 2.17. The number of hydrogen-bond acceptors (Lipinski definition) is 4. The van der Waals surface area contributed by atoms with Crippen LogP contribution in [0, 0.1) is 12.7 Å². The Balaban J connectivity index is 1.76. The van der Waals surface area contributed by atoms with Gasteiger partial charge in [-0.25, -0.2) is 9.37 Å². The Morgan fingerprint density at radius 1 is 0.969 bits per heavy atom. The lowest BCUT2D eigenvalue weighted by Gasteiger charge is -2.14. The standard InChI is InChI=1S/C26H23FN2O3/c1-16-4-11-23-21(12-16)22(26(30)28-15-17-5-7-18(27)8-6-17)14-24(29-23)20-10-9-19(31-2)13-25(20)32-3/h4-14H,15H2,1-3H3,(H,28,30). The maximum atomic E-state index is 13.2. The molecule has 32 heavy (non-hydrogen) atoms. The average Bonchev–Trinajstić information content (AvgIpc) is 2.82. The van der Waals surface area contributed by atoms with Gasteiger partial charge in [0.15, 0.2) is 0 Å². The molecule has 5 nitrogen and oxygen atoms in total. The van der Waals surface area contributed by atoms with Gasteiger partial charge in [0.2, 0.25) is 0 Å². The van der Waals surface area contributed by atoms with Gasteiger partial charge in [-0.2, -0.15) is 0 Å². The van der Waals surface area contributed by atoms with Crippen molar-refractivity contribution in [3.63, 3.8) is 0 Å². The van der Waals surface area contributed by atoms with E-state index in [0.29, 0.717) is 28.3 Å². The molecular formula is C26H23FN2O3. The van der Waals surface area contributed by atoms with Gasteiger partial charge in [-0.1, -0.05) is 23.8 Å². The summed E-state index contributed by atoms with van der Waals surface area (Å²) in [5.74, 6) is 0.718. The van der Waals surface area contributed by atoms with Gasteiger partial charge in [0.05, 0.1) is 31.0 Å². The van der Waals surface area contributed by atoms with Crippen LogP contribution in [0.3, 0.4) is 0 Å². The second kappa shape index (κ2) is 9.06. The quantitative estimate of drug-likeness (QED) is 0.451. The summed E-state index contributed by atoms with van der Waals surface area (Å²) in [4.78, 5) is 18.0. The van der Waals surface area contributed by atoms with Crippen molar-refractivity contribution in [1.29, 1.82) is 0 Å². The summed E-state index contributed by atoms with van der Waals surface area (Å²) >= 11 is 0. The molecule has 0 aliphatic rings. The number of hydrogen-bond donors (Lipinski definition) is 1. The molecule has 0 saturated heterocycles. The first-order valence-electron chi connectivity index (χ1n) is 10.1. The minimum absolute atomic E-state index is 0.235. The number of aryl methyl sites for hydroxylation is 1. The molecule has 1 N–H and O–H groups in total. The van der Waals surface area contributed by atoms with Gasteiger partial charge in [0.25, 0.3) is 5.91 Å². The number of methoxy groups -OCH3 is 2. The Morgan fingerprint density at radius 2 is 1.75 bits per heavy atom. The van der Waals surface area contributed by atoms with Crippen LogP contribution in [0.5, 0.6) is 11.5 Å². The van der Waals surface area contributed by atoms with E-state index >= 15 is 0 Å². The molecular weight excluding hydrogens is 407 g/mol. The number of nitrogens with one attached hydrogen (secondary N) is 1. The number of aromatic nitrogens is 1. The third kappa shape index (κ3) is 4.39. The first kappa shape index (κ1) is 21.3. The fraction of sp³-hybridized carbons (Fsp3) is 0.154. The van der Waals surface area contributed by atoms with Crippen LogP contribution in [0.25, 0.3) is 22.2 Å². The van der Waals surface area contributed by atoms with Crippen LogP contribution in [0.4, 0.5) is 4.39 Å². The Bertz CT molecular complexity index is 1290. The number of rotatable bonds is 6. The number of amides is 1. The van der Waals surface area contributed by atoms with E-state index in [9.17, 15) is 9.18 Å². The number of halogens is 1. The van der Waals surface area contributed by atoms with E-state index in [1.807, 2.05) is 37.3 Å². The summed E-state index contributed by atoms with van der Waals surface area (Å²) in [7, 11) is 3.17. The molecule has 0 fully saturated rings. The van der Waals surface area contributed by atoms with E-state index in [-0.39, 0.29) is 18.3 Å². The van der Waals surface area contributed by atoms with Gasteiger partial charge in [0.1, 0.15) is 17.3 Å². The summed E-state index contributed by atoms with van der Waals surface area (Å²) in [5.41, 5.74) is 4.43. The highest BCUT2D eigenvalue weighted by Crippen LogP contribution is 2.34. The van der Waals surface area contributed by atoms with Gasteiger partial charge in [-0.05, 0) is 55.0 Å². The maximum absolute atomic E-state index is 13.2. The number of ether oxygens (including phenoxy) is 2. The van der Waals surface area contributed by atoms with Crippen LogP contribution in [-0.2, 0) is 6.54 Å². The van der Waals surface area contributed by atoms with Gasteiger partial charge < -0.3 is 14.8 Å². The van der Waals surface area contributed by atoms with Gasteiger partial charge in [0, 0.05) is 23.6 Å². The van der Waals surface area contributed by atoms with E-state index in [2.05, 4.69) is 5.32 Å². The molecule has 0 aliphatic carbocycles.